The normalized spacial score (nSPS) is 16.4. The Morgan fingerprint density at radius 2 is 2.06 bits per heavy atom. The van der Waals surface area contributed by atoms with Crippen LogP contribution >= 0.6 is 38.6 Å². The maximum Gasteiger partial charge on any atom is 0.122 e. The molecule has 16 heavy (non-hydrogen) atoms. The van der Waals surface area contributed by atoms with Crippen LogP contribution in [0.1, 0.15) is 32.7 Å². The minimum Gasteiger partial charge on any atom is -0.382 e. The van der Waals surface area contributed by atoms with Gasteiger partial charge in [0.05, 0.1) is 3.79 Å². The third kappa shape index (κ3) is 1.88. The van der Waals surface area contributed by atoms with Crippen molar-refractivity contribution in [3.05, 3.63) is 42.2 Å². The summed E-state index contributed by atoms with van der Waals surface area (Å²) in [6, 6.07) is 6.17. The fourth-order valence-electron chi connectivity index (χ4n) is 2.10. The molecule has 4 heteroatoms. The third-order valence-corrected chi connectivity index (χ3v) is 5.86. The monoisotopic (exact) mass is 314 g/mol. The minimum atomic E-state index is -0.438. The summed E-state index contributed by atoms with van der Waals surface area (Å²) in [6.07, 6.45) is 3.22. The van der Waals surface area contributed by atoms with Gasteiger partial charge in [-0.2, -0.15) is 0 Å². The van der Waals surface area contributed by atoms with Gasteiger partial charge < -0.3 is 5.11 Å². The van der Waals surface area contributed by atoms with E-state index in [1.807, 2.05) is 12.1 Å². The van der Waals surface area contributed by atoms with E-state index in [1.165, 1.54) is 29.7 Å². The van der Waals surface area contributed by atoms with Crippen molar-refractivity contribution in [3.63, 3.8) is 0 Å². The van der Waals surface area contributed by atoms with E-state index in [0.717, 1.165) is 13.5 Å². The molecule has 0 aromatic carbocycles. The van der Waals surface area contributed by atoms with Crippen LogP contribution in [-0.4, -0.2) is 5.11 Å². The van der Waals surface area contributed by atoms with E-state index in [1.54, 1.807) is 22.7 Å². The molecular formula is C12H11BrOS2. The molecule has 3 rings (SSSR count). The molecule has 0 saturated heterocycles. The lowest BCUT2D eigenvalue weighted by molar-refractivity contribution is 0.228. The Labute approximate surface area is 111 Å². The number of hydrogen-bond donors (Lipinski definition) is 1. The van der Waals surface area contributed by atoms with E-state index < -0.39 is 6.10 Å². The van der Waals surface area contributed by atoms with E-state index in [9.17, 15) is 5.11 Å². The Bertz CT molecular complexity index is 493. The smallest absolute Gasteiger partial charge is 0.122 e. The summed E-state index contributed by atoms with van der Waals surface area (Å²) in [5.74, 6) is 0. The first-order valence-electron chi connectivity index (χ1n) is 5.29. The number of aliphatic hydroxyl groups excluding tert-OH is 1. The Hall–Kier alpha value is -0.160. The topological polar surface area (TPSA) is 20.2 Å². The van der Waals surface area contributed by atoms with Crippen LogP contribution in [-0.2, 0) is 12.8 Å². The van der Waals surface area contributed by atoms with Gasteiger partial charge in [0, 0.05) is 14.6 Å². The molecule has 0 spiro atoms. The molecular weight excluding hydrogens is 304 g/mol. The SMILES string of the molecule is OC(c1ccc(Br)s1)c1cc2c(s1)CCC2. The van der Waals surface area contributed by atoms with Crippen LogP contribution in [0.2, 0.25) is 0 Å². The van der Waals surface area contributed by atoms with Gasteiger partial charge in [-0.15, -0.1) is 22.7 Å². The fraction of sp³-hybridized carbons (Fsp3) is 0.333. The van der Waals surface area contributed by atoms with Crippen molar-refractivity contribution in [2.24, 2.45) is 0 Å². The molecule has 0 radical (unpaired) electrons. The molecule has 1 nitrogen and oxygen atoms in total. The van der Waals surface area contributed by atoms with Gasteiger partial charge in [-0.05, 0) is 59.0 Å². The lowest BCUT2D eigenvalue weighted by atomic mass is 10.2. The van der Waals surface area contributed by atoms with Crippen molar-refractivity contribution < 1.29 is 5.11 Å². The van der Waals surface area contributed by atoms with Crippen molar-refractivity contribution in [2.75, 3.05) is 0 Å². The summed E-state index contributed by atoms with van der Waals surface area (Å²) >= 11 is 6.81. The Balaban J connectivity index is 1.91. The van der Waals surface area contributed by atoms with Crippen molar-refractivity contribution in [1.29, 1.82) is 0 Å². The third-order valence-electron chi connectivity index (χ3n) is 2.90. The highest BCUT2D eigenvalue weighted by atomic mass is 79.9. The van der Waals surface area contributed by atoms with E-state index in [-0.39, 0.29) is 0 Å². The predicted octanol–water partition coefficient (Wildman–Crippen LogP) is 4.14. The number of aryl methyl sites for hydroxylation is 2. The molecule has 0 bridgehead atoms. The number of fused-ring (bicyclic) bond motifs is 1. The second-order valence-electron chi connectivity index (χ2n) is 4.00. The van der Waals surface area contributed by atoms with Gasteiger partial charge in [-0.1, -0.05) is 0 Å². The van der Waals surface area contributed by atoms with E-state index in [0.29, 0.717) is 0 Å². The van der Waals surface area contributed by atoms with E-state index >= 15 is 0 Å². The average molecular weight is 315 g/mol. The second-order valence-corrected chi connectivity index (χ2v) is 7.66. The first kappa shape index (κ1) is 11.0. The highest BCUT2D eigenvalue weighted by Gasteiger charge is 2.20. The number of thiophene rings is 2. The average Bonchev–Trinajstić information content (AvgIpc) is 2.89. The summed E-state index contributed by atoms with van der Waals surface area (Å²) in [5.41, 5.74) is 1.45. The van der Waals surface area contributed by atoms with Gasteiger partial charge >= 0.3 is 0 Å². The molecule has 1 aliphatic carbocycles. The first-order chi connectivity index (χ1) is 7.74. The summed E-state index contributed by atoms with van der Waals surface area (Å²) in [7, 11) is 0. The van der Waals surface area contributed by atoms with E-state index in [2.05, 4.69) is 22.0 Å². The van der Waals surface area contributed by atoms with Gasteiger partial charge in [0.2, 0.25) is 0 Å². The lowest BCUT2D eigenvalue weighted by Crippen LogP contribution is -1.93. The summed E-state index contributed by atoms with van der Waals surface area (Å²) in [4.78, 5) is 3.59. The second kappa shape index (κ2) is 4.26. The molecule has 0 amide bonds. The molecule has 0 saturated carbocycles. The van der Waals surface area contributed by atoms with Crippen LogP contribution in [0.3, 0.4) is 0 Å². The Morgan fingerprint density at radius 1 is 1.19 bits per heavy atom. The molecule has 1 atom stereocenters. The molecule has 1 unspecified atom stereocenters. The Kier molecular flexibility index (Phi) is 2.92. The largest absolute Gasteiger partial charge is 0.382 e. The predicted molar refractivity (Wildman–Crippen MR) is 72.4 cm³/mol. The summed E-state index contributed by atoms with van der Waals surface area (Å²) in [5, 5.41) is 10.3. The highest BCUT2D eigenvalue weighted by Crippen LogP contribution is 2.38. The number of rotatable bonds is 2. The quantitative estimate of drug-likeness (QED) is 0.883. The maximum absolute atomic E-state index is 10.3. The summed E-state index contributed by atoms with van der Waals surface area (Å²) in [6.45, 7) is 0. The van der Waals surface area contributed by atoms with Crippen LogP contribution in [0.25, 0.3) is 0 Å². The Morgan fingerprint density at radius 3 is 2.75 bits per heavy atom. The van der Waals surface area contributed by atoms with Crippen LogP contribution in [0.15, 0.2) is 22.0 Å². The van der Waals surface area contributed by atoms with Gasteiger partial charge in [-0.3, -0.25) is 0 Å². The number of halogens is 1. The molecule has 0 fully saturated rings. The minimum absolute atomic E-state index is 0.438. The van der Waals surface area contributed by atoms with Gasteiger partial charge in [0.25, 0.3) is 0 Å². The zero-order valence-electron chi connectivity index (χ0n) is 8.57. The molecule has 1 N–H and O–H groups in total. The highest BCUT2D eigenvalue weighted by molar-refractivity contribution is 9.11. The molecule has 2 aromatic rings. The zero-order chi connectivity index (χ0) is 11.1. The molecule has 2 aromatic heterocycles. The summed E-state index contributed by atoms with van der Waals surface area (Å²) < 4.78 is 1.07. The van der Waals surface area contributed by atoms with Crippen LogP contribution in [0.5, 0.6) is 0 Å². The number of aliphatic hydroxyl groups is 1. The molecule has 2 heterocycles. The molecule has 84 valence electrons. The van der Waals surface area contributed by atoms with E-state index in [4.69, 9.17) is 0 Å². The van der Waals surface area contributed by atoms with Crippen LogP contribution in [0, 0.1) is 0 Å². The first-order valence-corrected chi connectivity index (χ1v) is 7.71. The number of hydrogen-bond acceptors (Lipinski definition) is 3. The van der Waals surface area contributed by atoms with Crippen molar-refractivity contribution >= 4 is 38.6 Å². The standard InChI is InChI=1S/C12H11BrOS2/c13-11-5-4-9(16-11)12(14)10-6-7-2-1-3-8(7)15-10/h4-6,12,14H,1-3H2. The fourth-order valence-corrected chi connectivity index (χ4v) is 4.87. The van der Waals surface area contributed by atoms with Gasteiger partial charge in [-0.25, -0.2) is 0 Å². The van der Waals surface area contributed by atoms with Gasteiger partial charge in [0.15, 0.2) is 0 Å². The lowest BCUT2D eigenvalue weighted by Gasteiger charge is -2.05. The van der Waals surface area contributed by atoms with Crippen molar-refractivity contribution in [1.82, 2.24) is 0 Å². The molecule has 1 aliphatic rings. The van der Waals surface area contributed by atoms with Crippen LogP contribution < -0.4 is 0 Å². The van der Waals surface area contributed by atoms with Crippen molar-refractivity contribution in [3.8, 4) is 0 Å². The zero-order valence-corrected chi connectivity index (χ0v) is 11.8. The maximum atomic E-state index is 10.3. The van der Waals surface area contributed by atoms with Crippen LogP contribution in [0.4, 0.5) is 0 Å². The van der Waals surface area contributed by atoms with Crippen molar-refractivity contribution in [2.45, 2.75) is 25.4 Å². The molecule has 0 aliphatic heterocycles. The van der Waals surface area contributed by atoms with Gasteiger partial charge in [0.1, 0.15) is 6.10 Å².